The molecule has 1 atom stereocenters. The Morgan fingerprint density at radius 3 is 2.58 bits per heavy atom. The van der Waals surface area contributed by atoms with Crippen LogP contribution in [0.2, 0.25) is 4.34 Å². The Morgan fingerprint density at radius 2 is 1.96 bits per heavy atom. The molecule has 1 fully saturated rings. The minimum atomic E-state index is -0.700. The summed E-state index contributed by atoms with van der Waals surface area (Å²) < 4.78 is 0.537. The number of rotatable bonds is 4. The molecule has 1 unspecified atom stereocenters. The Labute approximate surface area is 148 Å². The topological polar surface area (TPSA) is 66.5 Å². The van der Waals surface area contributed by atoms with Gasteiger partial charge in [-0.25, -0.2) is 0 Å². The number of nitrogens with one attached hydrogen (secondary N) is 1. The summed E-state index contributed by atoms with van der Waals surface area (Å²) in [5, 5.41) is 2.91. The number of halogens is 1. The van der Waals surface area contributed by atoms with Gasteiger partial charge in [-0.2, -0.15) is 0 Å². The highest BCUT2D eigenvalue weighted by molar-refractivity contribution is 7.20. The summed E-state index contributed by atoms with van der Waals surface area (Å²) in [6.45, 7) is 0. The molecule has 0 aliphatic carbocycles. The van der Waals surface area contributed by atoms with Gasteiger partial charge in [0.2, 0.25) is 17.7 Å². The van der Waals surface area contributed by atoms with Crippen molar-refractivity contribution in [1.29, 1.82) is 0 Å². The number of nitrogens with zero attached hydrogens (tertiary/aromatic N) is 1. The average Bonchev–Trinajstić information content (AvgIpc) is 2.97. The molecule has 1 saturated heterocycles. The standard InChI is InChI=1S/C17H15ClN2O3S/c18-13-7-9-16(24-13)20(12-6-8-14(21)19-17(12)23)15(22)10-11-4-2-1-3-5-11/h1-5,7,9,12H,6,8,10H2,(H,19,21,23). The number of hydrogen-bond acceptors (Lipinski definition) is 4. The quantitative estimate of drug-likeness (QED) is 0.850. The summed E-state index contributed by atoms with van der Waals surface area (Å²) in [6.07, 6.45) is 0.694. The number of carbonyl (C=O) groups is 3. The highest BCUT2D eigenvalue weighted by Crippen LogP contribution is 2.33. The van der Waals surface area contributed by atoms with Crippen LogP contribution in [0.15, 0.2) is 42.5 Å². The van der Waals surface area contributed by atoms with Gasteiger partial charge in [-0.1, -0.05) is 41.9 Å². The van der Waals surface area contributed by atoms with Crippen LogP contribution in [0.3, 0.4) is 0 Å². The highest BCUT2D eigenvalue weighted by atomic mass is 35.5. The van der Waals surface area contributed by atoms with Crippen molar-refractivity contribution in [1.82, 2.24) is 5.32 Å². The molecule has 7 heteroatoms. The van der Waals surface area contributed by atoms with Gasteiger partial charge in [0.25, 0.3) is 0 Å². The summed E-state index contributed by atoms with van der Waals surface area (Å²) in [6, 6.07) is 12.0. The van der Waals surface area contributed by atoms with Crippen molar-refractivity contribution in [2.75, 3.05) is 4.90 Å². The molecular weight excluding hydrogens is 348 g/mol. The van der Waals surface area contributed by atoms with Gasteiger partial charge in [0, 0.05) is 6.42 Å². The number of benzene rings is 1. The maximum absolute atomic E-state index is 12.9. The molecule has 1 aliphatic rings. The summed E-state index contributed by atoms with van der Waals surface area (Å²) >= 11 is 7.23. The molecule has 2 aromatic rings. The molecule has 5 nitrogen and oxygen atoms in total. The normalized spacial score (nSPS) is 17.5. The van der Waals surface area contributed by atoms with Crippen LogP contribution in [0.1, 0.15) is 18.4 Å². The monoisotopic (exact) mass is 362 g/mol. The van der Waals surface area contributed by atoms with E-state index in [0.717, 1.165) is 5.56 Å². The van der Waals surface area contributed by atoms with Crippen LogP contribution in [-0.2, 0) is 20.8 Å². The predicted molar refractivity (Wildman–Crippen MR) is 93.1 cm³/mol. The van der Waals surface area contributed by atoms with Gasteiger partial charge in [0.05, 0.1) is 15.8 Å². The number of anilines is 1. The van der Waals surface area contributed by atoms with Crippen LogP contribution in [0, 0.1) is 0 Å². The van der Waals surface area contributed by atoms with Crippen molar-refractivity contribution in [3.05, 3.63) is 52.4 Å². The molecule has 3 rings (SSSR count). The first kappa shape index (κ1) is 16.7. The van der Waals surface area contributed by atoms with Gasteiger partial charge in [0.15, 0.2) is 0 Å². The molecular formula is C17H15ClN2O3S. The van der Waals surface area contributed by atoms with Crippen molar-refractivity contribution in [2.24, 2.45) is 0 Å². The van der Waals surface area contributed by atoms with Crippen LogP contribution in [0.4, 0.5) is 5.00 Å². The lowest BCUT2D eigenvalue weighted by molar-refractivity contribution is -0.135. The fourth-order valence-corrected chi connectivity index (χ4v) is 3.77. The van der Waals surface area contributed by atoms with Gasteiger partial charge in [-0.3, -0.25) is 24.6 Å². The van der Waals surface area contributed by atoms with Gasteiger partial charge in [-0.05, 0) is 24.1 Å². The summed E-state index contributed by atoms with van der Waals surface area (Å²) in [5.41, 5.74) is 0.863. The SMILES string of the molecule is O=C1CCC(N(C(=O)Cc2ccccc2)c2ccc(Cl)s2)C(=O)N1. The van der Waals surface area contributed by atoms with E-state index >= 15 is 0 Å². The van der Waals surface area contributed by atoms with Crippen LogP contribution < -0.4 is 10.2 Å². The lowest BCUT2D eigenvalue weighted by Crippen LogP contribution is -2.54. The van der Waals surface area contributed by atoms with E-state index in [4.69, 9.17) is 11.6 Å². The second-order valence-electron chi connectivity index (χ2n) is 5.47. The molecule has 1 aliphatic heterocycles. The first-order valence-electron chi connectivity index (χ1n) is 7.49. The Bertz CT molecular complexity index is 775. The summed E-state index contributed by atoms with van der Waals surface area (Å²) in [4.78, 5) is 38.0. The number of thiophene rings is 1. The van der Waals surface area contributed by atoms with Crippen molar-refractivity contribution in [3.63, 3.8) is 0 Å². The number of amides is 3. The van der Waals surface area contributed by atoms with Crippen molar-refractivity contribution >= 4 is 45.7 Å². The molecule has 0 spiro atoms. The van der Waals surface area contributed by atoms with Crippen LogP contribution in [0.25, 0.3) is 0 Å². The second kappa shape index (κ2) is 7.15. The highest BCUT2D eigenvalue weighted by Gasteiger charge is 2.35. The van der Waals surface area contributed by atoms with E-state index in [0.29, 0.717) is 15.8 Å². The van der Waals surface area contributed by atoms with E-state index in [-0.39, 0.29) is 24.7 Å². The van der Waals surface area contributed by atoms with Crippen LogP contribution in [0.5, 0.6) is 0 Å². The van der Waals surface area contributed by atoms with Crippen molar-refractivity contribution in [3.8, 4) is 0 Å². The van der Waals surface area contributed by atoms with Gasteiger partial charge < -0.3 is 0 Å². The summed E-state index contributed by atoms with van der Waals surface area (Å²) in [5.74, 6) is -0.956. The van der Waals surface area contributed by atoms with E-state index in [2.05, 4.69) is 5.32 Å². The first-order valence-corrected chi connectivity index (χ1v) is 8.69. The molecule has 3 amide bonds. The number of hydrogen-bond donors (Lipinski definition) is 1. The van der Waals surface area contributed by atoms with Gasteiger partial charge in [0.1, 0.15) is 6.04 Å². The van der Waals surface area contributed by atoms with Crippen molar-refractivity contribution < 1.29 is 14.4 Å². The molecule has 0 radical (unpaired) electrons. The van der Waals surface area contributed by atoms with Gasteiger partial charge in [-0.15, -0.1) is 11.3 Å². The van der Waals surface area contributed by atoms with E-state index in [9.17, 15) is 14.4 Å². The minimum Gasteiger partial charge on any atom is -0.295 e. The summed E-state index contributed by atoms with van der Waals surface area (Å²) in [7, 11) is 0. The molecule has 1 aromatic carbocycles. The first-order chi connectivity index (χ1) is 11.5. The number of carbonyl (C=O) groups excluding carboxylic acids is 3. The zero-order valence-electron chi connectivity index (χ0n) is 12.7. The molecule has 1 N–H and O–H groups in total. The maximum Gasteiger partial charge on any atom is 0.249 e. The average molecular weight is 363 g/mol. The Hall–Kier alpha value is -2.18. The lowest BCUT2D eigenvalue weighted by Gasteiger charge is -2.32. The Balaban J connectivity index is 1.89. The molecule has 24 heavy (non-hydrogen) atoms. The number of piperidine rings is 1. The van der Waals surface area contributed by atoms with E-state index in [1.54, 1.807) is 12.1 Å². The van der Waals surface area contributed by atoms with Gasteiger partial charge >= 0.3 is 0 Å². The van der Waals surface area contributed by atoms with E-state index < -0.39 is 11.9 Å². The largest absolute Gasteiger partial charge is 0.295 e. The zero-order chi connectivity index (χ0) is 17.1. The number of imide groups is 1. The lowest BCUT2D eigenvalue weighted by atomic mass is 10.0. The third-order valence-corrected chi connectivity index (χ3v) is 5.02. The Kier molecular flexibility index (Phi) is 4.97. The molecule has 0 saturated carbocycles. The maximum atomic E-state index is 12.9. The molecule has 2 heterocycles. The zero-order valence-corrected chi connectivity index (χ0v) is 14.3. The fraction of sp³-hybridized carbons (Fsp3) is 0.235. The minimum absolute atomic E-state index is 0.175. The van der Waals surface area contributed by atoms with Crippen LogP contribution in [-0.4, -0.2) is 23.8 Å². The Morgan fingerprint density at radius 1 is 1.21 bits per heavy atom. The van der Waals surface area contributed by atoms with E-state index in [1.807, 2.05) is 30.3 Å². The second-order valence-corrected chi connectivity index (χ2v) is 7.16. The van der Waals surface area contributed by atoms with Crippen LogP contribution >= 0.6 is 22.9 Å². The third kappa shape index (κ3) is 3.66. The fourth-order valence-electron chi connectivity index (χ4n) is 2.67. The van der Waals surface area contributed by atoms with Crippen molar-refractivity contribution in [2.45, 2.75) is 25.3 Å². The predicted octanol–water partition coefficient (Wildman–Crippen LogP) is 2.78. The molecule has 1 aromatic heterocycles. The molecule has 124 valence electrons. The third-order valence-electron chi connectivity index (χ3n) is 3.79. The van der Waals surface area contributed by atoms with E-state index in [1.165, 1.54) is 16.2 Å². The smallest absolute Gasteiger partial charge is 0.249 e. The molecule has 0 bridgehead atoms.